The standard InChI is InChI=1S/C24H25N3O2/c1-17(2)27(16-19-7-5-4-6-8-19)23-14-11-21(15-25-23)24(29)26-22-12-9-20(10-13-22)18(3)28/h4-15,17H,16H2,1-3H3,(H,26,29). The minimum Gasteiger partial charge on any atom is -0.350 e. The highest BCUT2D eigenvalue weighted by Crippen LogP contribution is 2.19. The van der Waals surface area contributed by atoms with Crippen LogP contribution in [0.25, 0.3) is 0 Å². The first kappa shape index (κ1) is 20.3. The van der Waals surface area contributed by atoms with Crippen LogP contribution >= 0.6 is 0 Å². The summed E-state index contributed by atoms with van der Waals surface area (Å²) in [4.78, 5) is 30.6. The molecule has 0 aliphatic carbocycles. The maximum absolute atomic E-state index is 12.5. The Morgan fingerprint density at radius 1 is 0.931 bits per heavy atom. The molecule has 0 saturated heterocycles. The van der Waals surface area contributed by atoms with Crippen molar-refractivity contribution in [2.45, 2.75) is 33.4 Å². The van der Waals surface area contributed by atoms with Crippen LogP contribution < -0.4 is 10.2 Å². The van der Waals surface area contributed by atoms with E-state index in [9.17, 15) is 9.59 Å². The molecule has 1 aromatic heterocycles. The number of nitrogens with one attached hydrogen (secondary N) is 1. The summed E-state index contributed by atoms with van der Waals surface area (Å²) in [5, 5.41) is 2.83. The fourth-order valence-electron chi connectivity index (χ4n) is 2.99. The maximum Gasteiger partial charge on any atom is 0.257 e. The first-order chi connectivity index (χ1) is 13.9. The van der Waals surface area contributed by atoms with Gasteiger partial charge in [-0.15, -0.1) is 0 Å². The summed E-state index contributed by atoms with van der Waals surface area (Å²) in [5.74, 6) is 0.581. The van der Waals surface area contributed by atoms with Gasteiger partial charge in [-0.25, -0.2) is 4.98 Å². The molecule has 3 aromatic rings. The Kier molecular flexibility index (Phi) is 6.39. The van der Waals surface area contributed by atoms with E-state index >= 15 is 0 Å². The van der Waals surface area contributed by atoms with Gasteiger partial charge in [0.05, 0.1) is 5.56 Å². The molecule has 0 bridgehead atoms. The van der Waals surface area contributed by atoms with Gasteiger partial charge >= 0.3 is 0 Å². The number of carbonyl (C=O) groups is 2. The SMILES string of the molecule is CC(=O)c1ccc(NC(=O)c2ccc(N(Cc3ccccc3)C(C)C)nc2)cc1. The molecule has 0 fully saturated rings. The van der Waals surface area contributed by atoms with Gasteiger partial charge < -0.3 is 10.2 Å². The summed E-state index contributed by atoms with van der Waals surface area (Å²) in [6.07, 6.45) is 1.59. The molecule has 2 aromatic carbocycles. The molecule has 148 valence electrons. The number of carbonyl (C=O) groups excluding carboxylic acids is 2. The topological polar surface area (TPSA) is 62.3 Å². The number of hydrogen-bond donors (Lipinski definition) is 1. The number of aromatic nitrogens is 1. The van der Waals surface area contributed by atoms with Crippen LogP contribution in [0.5, 0.6) is 0 Å². The van der Waals surface area contributed by atoms with Crippen LogP contribution in [0.15, 0.2) is 72.9 Å². The molecule has 1 amide bonds. The minimum absolute atomic E-state index is 0.00660. The van der Waals surface area contributed by atoms with E-state index in [1.807, 2.05) is 24.3 Å². The molecule has 29 heavy (non-hydrogen) atoms. The van der Waals surface area contributed by atoms with Gasteiger partial charge in [-0.3, -0.25) is 9.59 Å². The van der Waals surface area contributed by atoms with Crippen LogP contribution in [0.3, 0.4) is 0 Å². The fraction of sp³-hybridized carbons (Fsp3) is 0.208. The Morgan fingerprint density at radius 2 is 1.59 bits per heavy atom. The van der Waals surface area contributed by atoms with Crippen LogP contribution in [-0.2, 0) is 6.54 Å². The van der Waals surface area contributed by atoms with E-state index in [1.165, 1.54) is 12.5 Å². The maximum atomic E-state index is 12.5. The zero-order valence-corrected chi connectivity index (χ0v) is 16.9. The van der Waals surface area contributed by atoms with E-state index in [1.54, 1.807) is 36.5 Å². The first-order valence-electron chi connectivity index (χ1n) is 9.63. The molecule has 5 nitrogen and oxygen atoms in total. The van der Waals surface area contributed by atoms with Crippen molar-refractivity contribution in [3.05, 3.63) is 89.6 Å². The quantitative estimate of drug-likeness (QED) is 0.583. The molecule has 0 atom stereocenters. The fourth-order valence-corrected chi connectivity index (χ4v) is 2.99. The summed E-state index contributed by atoms with van der Waals surface area (Å²) in [6, 6.07) is 21.0. The molecule has 0 unspecified atom stereocenters. The van der Waals surface area contributed by atoms with Gasteiger partial charge in [-0.2, -0.15) is 0 Å². The molecular weight excluding hydrogens is 362 g/mol. The van der Waals surface area contributed by atoms with Gasteiger partial charge in [0.25, 0.3) is 5.91 Å². The molecule has 3 rings (SSSR count). The number of amides is 1. The molecule has 1 heterocycles. The van der Waals surface area contributed by atoms with Crippen LogP contribution in [-0.4, -0.2) is 22.7 Å². The first-order valence-corrected chi connectivity index (χ1v) is 9.63. The number of Topliss-reactive ketones (excluding diaryl/α,β-unsaturated/α-hetero) is 1. The average Bonchev–Trinajstić information content (AvgIpc) is 2.73. The third-order valence-corrected chi connectivity index (χ3v) is 4.67. The molecule has 0 aliphatic rings. The van der Waals surface area contributed by atoms with Crippen molar-refractivity contribution in [3.8, 4) is 0 Å². The van der Waals surface area contributed by atoms with E-state index in [0.29, 0.717) is 16.8 Å². The van der Waals surface area contributed by atoms with E-state index < -0.39 is 0 Å². The second-order valence-electron chi connectivity index (χ2n) is 7.20. The lowest BCUT2D eigenvalue weighted by Crippen LogP contribution is -2.31. The number of rotatable bonds is 7. The molecule has 1 N–H and O–H groups in total. The molecule has 0 spiro atoms. The summed E-state index contributed by atoms with van der Waals surface area (Å²) < 4.78 is 0. The second kappa shape index (κ2) is 9.15. The van der Waals surface area contributed by atoms with Gasteiger partial charge in [0.2, 0.25) is 0 Å². The van der Waals surface area contributed by atoms with Crippen molar-refractivity contribution >= 4 is 23.2 Å². The van der Waals surface area contributed by atoms with Crippen molar-refractivity contribution in [2.24, 2.45) is 0 Å². The van der Waals surface area contributed by atoms with Crippen molar-refractivity contribution in [1.29, 1.82) is 0 Å². The third kappa shape index (κ3) is 5.29. The van der Waals surface area contributed by atoms with Gasteiger partial charge in [0.15, 0.2) is 5.78 Å². The molecule has 0 saturated carbocycles. The second-order valence-corrected chi connectivity index (χ2v) is 7.20. The van der Waals surface area contributed by atoms with E-state index in [-0.39, 0.29) is 17.7 Å². The predicted octanol–water partition coefficient (Wildman–Crippen LogP) is 4.95. The lowest BCUT2D eigenvalue weighted by Gasteiger charge is -2.28. The lowest BCUT2D eigenvalue weighted by molar-refractivity contribution is 0.101. The highest BCUT2D eigenvalue weighted by Gasteiger charge is 2.14. The smallest absolute Gasteiger partial charge is 0.257 e. The minimum atomic E-state index is -0.237. The number of anilines is 2. The normalized spacial score (nSPS) is 10.6. The van der Waals surface area contributed by atoms with Crippen LogP contribution in [0, 0.1) is 0 Å². The van der Waals surface area contributed by atoms with Gasteiger partial charge in [0.1, 0.15) is 5.82 Å². The van der Waals surface area contributed by atoms with Crippen molar-refractivity contribution in [3.63, 3.8) is 0 Å². The van der Waals surface area contributed by atoms with Crippen molar-refractivity contribution in [1.82, 2.24) is 4.98 Å². The van der Waals surface area contributed by atoms with Gasteiger partial charge in [-0.1, -0.05) is 30.3 Å². The zero-order chi connectivity index (χ0) is 20.8. The van der Waals surface area contributed by atoms with Crippen molar-refractivity contribution < 1.29 is 9.59 Å². The third-order valence-electron chi connectivity index (χ3n) is 4.67. The molecule has 0 aliphatic heterocycles. The van der Waals surface area contributed by atoms with Crippen LogP contribution in [0.4, 0.5) is 11.5 Å². The van der Waals surface area contributed by atoms with E-state index in [4.69, 9.17) is 0 Å². The number of pyridine rings is 1. The van der Waals surface area contributed by atoms with Crippen LogP contribution in [0.2, 0.25) is 0 Å². The summed E-state index contributed by atoms with van der Waals surface area (Å²) in [7, 11) is 0. The van der Waals surface area contributed by atoms with Crippen LogP contribution in [0.1, 0.15) is 47.1 Å². The Morgan fingerprint density at radius 3 is 2.14 bits per heavy atom. The van der Waals surface area contributed by atoms with E-state index in [0.717, 1.165) is 12.4 Å². The Labute approximate surface area is 171 Å². The molecule has 5 heteroatoms. The molecular formula is C24H25N3O2. The summed E-state index contributed by atoms with van der Waals surface area (Å²) in [6.45, 7) is 6.50. The van der Waals surface area contributed by atoms with Gasteiger partial charge in [0, 0.05) is 30.0 Å². The summed E-state index contributed by atoms with van der Waals surface area (Å²) in [5.41, 5.74) is 2.94. The zero-order valence-electron chi connectivity index (χ0n) is 16.9. The van der Waals surface area contributed by atoms with Gasteiger partial charge in [-0.05, 0) is 62.7 Å². The number of ketones is 1. The Bertz CT molecular complexity index is 965. The number of benzene rings is 2. The van der Waals surface area contributed by atoms with E-state index in [2.05, 4.69) is 41.2 Å². The monoisotopic (exact) mass is 387 g/mol. The Balaban J connectivity index is 1.70. The highest BCUT2D eigenvalue weighted by atomic mass is 16.1. The molecule has 0 radical (unpaired) electrons. The Hall–Kier alpha value is -3.47. The summed E-state index contributed by atoms with van der Waals surface area (Å²) >= 11 is 0. The average molecular weight is 387 g/mol. The van der Waals surface area contributed by atoms with Crippen molar-refractivity contribution in [2.75, 3.05) is 10.2 Å². The number of hydrogen-bond acceptors (Lipinski definition) is 4. The highest BCUT2D eigenvalue weighted by molar-refractivity contribution is 6.04. The number of nitrogens with zero attached hydrogens (tertiary/aromatic N) is 2. The largest absolute Gasteiger partial charge is 0.350 e. The lowest BCUT2D eigenvalue weighted by atomic mass is 10.1. The predicted molar refractivity (Wildman–Crippen MR) is 116 cm³/mol.